The van der Waals surface area contributed by atoms with Crippen LogP contribution in [0.3, 0.4) is 0 Å². The molecular weight excluding hydrogens is 705 g/mol. The molecule has 0 aliphatic carbocycles. The molecule has 2 unspecified atom stereocenters. The first kappa shape index (κ1) is 32.4. The molecule has 242 valence electrons. The molecule has 0 radical (unpaired) electrons. The van der Waals surface area contributed by atoms with E-state index in [2.05, 4.69) is 52.8 Å². The summed E-state index contributed by atoms with van der Waals surface area (Å²) < 4.78 is 51.7. The van der Waals surface area contributed by atoms with Crippen LogP contribution in [-0.2, 0) is 34.7 Å². The van der Waals surface area contributed by atoms with Gasteiger partial charge >= 0.3 is 13.9 Å². The number of thioether (sulfide) groups is 1. The van der Waals surface area contributed by atoms with Crippen LogP contribution in [0.15, 0.2) is 11.1 Å². The van der Waals surface area contributed by atoms with E-state index < -0.39 is 80.2 Å². The molecule has 0 bridgehead atoms. The highest BCUT2D eigenvalue weighted by atomic mass is 32.7. The highest BCUT2D eigenvalue weighted by molar-refractivity contribution is 8.39. The average Bonchev–Trinajstić information content (AvgIpc) is 3.73. The molecule has 0 amide bonds. The average molecular weight is 728 g/mol. The van der Waals surface area contributed by atoms with Crippen molar-refractivity contribution >= 4 is 83.9 Å². The maximum Gasteiger partial charge on any atom is 0.582 e. The van der Waals surface area contributed by atoms with Gasteiger partial charge in [0.15, 0.2) is 46.6 Å². The number of rotatable bonds is 10. The molecule has 4 aromatic heterocycles. The number of fused-ring (bicyclic) bond motifs is 2. The Balaban J connectivity index is 1.22. The van der Waals surface area contributed by atoms with Crippen molar-refractivity contribution in [2.24, 2.45) is 0 Å². The third kappa shape index (κ3) is 6.15. The number of alkyl halides is 1. The number of halogens is 1. The number of aliphatic hydroxyl groups excluding tert-OH is 2. The number of anilines is 2. The van der Waals surface area contributed by atoms with E-state index >= 15 is 4.39 Å². The standard InChI is InChI=1S/C18H21FN12O9P2S3/c19-6-10(39-41(35)43)4(38-16(6)30-13-7(26-28-30)12(20)22-3-23-13)2-37-42(36,44)40-11-9(33)5(1-32)45-17(11)31-14-8(27-29-31)15(34)25-18(21)24-14/h3-6,9-11,16-17,32-33H,1-2H2,(H6-,20,21,22,23,24,25,28,29,34,35,36,43,44)/p+1/t4-,5-,6+,9-,10-,11-,16-,17-,42?/m1/s1. The molecule has 21 nitrogen and oxygen atoms in total. The number of aromatic amines is 1. The Hall–Kier alpha value is -2.54. The molecule has 2 saturated heterocycles. The first-order chi connectivity index (χ1) is 21.4. The third-order valence-corrected chi connectivity index (χ3v) is 10.5. The fourth-order valence-electron chi connectivity index (χ4n) is 4.77. The molecule has 6 heterocycles. The van der Waals surface area contributed by atoms with E-state index in [9.17, 15) is 24.5 Å². The predicted molar refractivity (Wildman–Crippen MR) is 159 cm³/mol. The largest absolute Gasteiger partial charge is 0.582 e. The molecule has 27 heteroatoms. The quantitative estimate of drug-likeness (QED) is 0.0738. The summed E-state index contributed by atoms with van der Waals surface area (Å²) in [5, 5.41) is 34.3. The van der Waals surface area contributed by atoms with E-state index in [0.717, 1.165) is 27.5 Å². The number of nitrogens with zero attached hydrogens (tertiary/aromatic N) is 9. The molecule has 0 spiro atoms. The van der Waals surface area contributed by atoms with Crippen LogP contribution < -0.4 is 17.0 Å². The van der Waals surface area contributed by atoms with Gasteiger partial charge in [-0.3, -0.25) is 14.3 Å². The van der Waals surface area contributed by atoms with Gasteiger partial charge in [0.2, 0.25) is 5.95 Å². The van der Waals surface area contributed by atoms with Crippen molar-refractivity contribution in [3.05, 3.63) is 16.7 Å². The topological polar surface area (TPSA) is 300 Å². The number of nitrogen functional groups attached to an aromatic ring is 2. The minimum Gasteiger partial charge on any atom is -0.395 e. The summed E-state index contributed by atoms with van der Waals surface area (Å²) >= 11 is 9.87. The fourth-order valence-corrected chi connectivity index (χ4v) is 8.45. The summed E-state index contributed by atoms with van der Waals surface area (Å²) in [4.78, 5) is 37.4. The van der Waals surface area contributed by atoms with Crippen LogP contribution in [0.25, 0.3) is 22.3 Å². The SMILES string of the molecule is Nc1nc2c(nnn2[C@@H]2S[C@H](CO)[C@@H](O)[C@H]2OP(O)(=S)OC[C@H]2O[C@@H](n3nnc4c(N)ncnc43)[C@@H](F)[C@@H]2O[P+](=O)S)c(=O)[nH]1. The van der Waals surface area contributed by atoms with Crippen LogP contribution in [0.2, 0.25) is 0 Å². The first-order valence-corrected chi connectivity index (χ1v) is 18.4. The van der Waals surface area contributed by atoms with Gasteiger partial charge in [0, 0.05) is 0 Å². The number of nitrogens with two attached hydrogens (primary N) is 2. The van der Waals surface area contributed by atoms with Crippen LogP contribution in [0.1, 0.15) is 11.6 Å². The van der Waals surface area contributed by atoms with E-state index in [-0.39, 0.29) is 34.1 Å². The van der Waals surface area contributed by atoms with Gasteiger partial charge in [0.05, 0.1) is 24.6 Å². The van der Waals surface area contributed by atoms with E-state index in [1.807, 2.05) is 0 Å². The summed E-state index contributed by atoms with van der Waals surface area (Å²) in [5.74, 6) is -0.246. The second-order valence-corrected chi connectivity index (χ2v) is 15.3. The lowest BCUT2D eigenvalue weighted by Crippen LogP contribution is -2.36. The predicted octanol–water partition coefficient (Wildman–Crippen LogP) is -1.29. The molecule has 2 aliphatic rings. The summed E-state index contributed by atoms with van der Waals surface area (Å²) in [6.07, 6.45) is -8.14. The monoisotopic (exact) mass is 727 g/mol. The van der Waals surface area contributed by atoms with E-state index in [1.165, 1.54) is 0 Å². The Morgan fingerprint density at radius 2 is 1.96 bits per heavy atom. The van der Waals surface area contributed by atoms with Crippen molar-refractivity contribution in [1.82, 2.24) is 49.9 Å². The van der Waals surface area contributed by atoms with Gasteiger partial charge in [0.25, 0.3) is 5.56 Å². The normalized spacial score (nSPS) is 30.3. The van der Waals surface area contributed by atoms with Gasteiger partial charge in [-0.25, -0.2) is 19.0 Å². The molecule has 2 fully saturated rings. The molecule has 8 N–H and O–H groups in total. The molecule has 2 aliphatic heterocycles. The first-order valence-electron chi connectivity index (χ1n) is 12.5. The summed E-state index contributed by atoms with van der Waals surface area (Å²) in [6.45, 7) is -5.47. The van der Waals surface area contributed by atoms with Crippen LogP contribution in [-0.4, -0.2) is 114 Å². The Morgan fingerprint density at radius 1 is 1.22 bits per heavy atom. The Labute approximate surface area is 264 Å². The Bertz CT molecular complexity index is 1870. The zero-order valence-corrected chi connectivity index (χ0v) is 26.4. The number of aromatic nitrogens is 10. The molecule has 0 aromatic carbocycles. The minimum atomic E-state index is -4.31. The zero-order chi connectivity index (χ0) is 32.2. The van der Waals surface area contributed by atoms with Gasteiger partial charge in [-0.2, -0.15) is 9.67 Å². The summed E-state index contributed by atoms with van der Waals surface area (Å²) in [7, 11) is -2.64. The Kier molecular flexibility index (Phi) is 9.06. The van der Waals surface area contributed by atoms with Crippen molar-refractivity contribution in [1.29, 1.82) is 0 Å². The van der Waals surface area contributed by atoms with Gasteiger partial charge in [-0.1, -0.05) is 10.4 Å². The molecule has 4 aromatic rings. The molecule has 45 heavy (non-hydrogen) atoms. The van der Waals surface area contributed by atoms with Crippen molar-refractivity contribution < 1.29 is 42.4 Å². The maximum absolute atomic E-state index is 15.7. The number of aliphatic hydroxyl groups is 2. The number of H-pyrrole nitrogens is 1. The Morgan fingerprint density at radius 3 is 2.69 bits per heavy atom. The second-order valence-electron chi connectivity index (χ2n) is 9.51. The highest BCUT2D eigenvalue weighted by Gasteiger charge is 2.53. The summed E-state index contributed by atoms with van der Waals surface area (Å²) in [6, 6.07) is 0. The van der Waals surface area contributed by atoms with Crippen molar-refractivity contribution in [3.63, 3.8) is 0 Å². The van der Waals surface area contributed by atoms with Crippen LogP contribution in [0, 0.1) is 0 Å². The van der Waals surface area contributed by atoms with E-state index in [0.29, 0.717) is 0 Å². The molecule has 10 atom stereocenters. The zero-order valence-electron chi connectivity index (χ0n) is 22.1. The fraction of sp³-hybridized carbons (Fsp3) is 0.556. The number of thiol groups is 1. The van der Waals surface area contributed by atoms with Crippen LogP contribution in [0.4, 0.5) is 16.2 Å². The number of hydrogen-bond acceptors (Lipinski definition) is 19. The van der Waals surface area contributed by atoms with Crippen LogP contribution >= 0.6 is 38.0 Å². The van der Waals surface area contributed by atoms with E-state index in [4.69, 9.17) is 41.6 Å². The number of ether oxygens (including phenoxy) is 1. The van der Waals surface area contributed by atoms with Gasteiger partial charge in [-0.15, -0.1) is 26.5 Å². The molecular formula is C18H22FN12O9P2S3+. The number of hydrogen-bond donors (Lipinski definition) is 7. The van der Waals surface area contributed by atoms with Crippen molar-refractivity contribution in [3.8, 4) is 0 Å². The smallest absolute Gasteiger partial charge is 0.395 e. The molecule has 0 saturated carbocycles. The lowest BCUT2D eigenvalue weighted by Gasteiger charge is -2.27. The third-order valence-electron chi connectivity index (χ3n) is 6.75. The van der Waals surface area contributed by atoms with Gasteiger partial charge < -0.3 is 35.8 Å². The maximum atomic E-state index is 15.7. The minimum absolute atomic E-state index is 0.0113. The highest BCUT2D eigenvalue weighted by Crippen LogP contribution is 2.54. The van der Waals surface area contributed by atoms with Crippen molar-refractivity contribution in [2.45, 2.75) is 47.4 Å². The van der Waals surface area contributed by atoms with Crippen LogP contribution in [0.5, 0.6) is 0 Å². The lowest BCUT2D eigenvalue weighted by molar-refractivity contribution is -0.0501. The number of nitrogens with one attached hydrogen (secondary N) is 1. The van der Waals surface area contributed by atoms with Crippen molar-refractivity contribution in [2.75, 3.05) is 24.7 Å². The molecule has 6 rings (SSSR count). The van der Waals surface area contributed by atoms with Gasteiger partial charge in [-0.05, 0) is 16.4 Å². The second kappa shape index (κ2) is 12.6. The van der Waals surface area contributed by atoms with Gasteiger partial charge in [0.1, 0.15) is 36.2 Å². The summed E-state index contributed by atoms with van der Waals surface area (Å²) in [5.41, 5.74) is 10.7. The lowest BCUT2D eigenvalue weighted by atomic mass is 10.1. The van der Waals surface area contributed by atoms with E-state index in [1.54, 1.807) is 0 Å².